The zero-order valence-corrected chi connectivity index (χ0v) is 17.3. The molecule has 1 aliphatic rings. The first-order valence-corrected chi connectivity index (χ1v) is 10.0. The number of aryl methyl sites for hydroxylation is 2. The van der Waals surface area contributed by atoms with Gasteiger partial charge in [-0.2, -0.15) is 0 Å². The van der Waals surface area contributed by atoms with Gasteiger partial charge in [0.05, 0.1) is 10.6 Å². The van der Waals surface area contributed by atoms with E-state index in [9.17, 15) is 4.79 Å². The van der Waals surface area contributed by atoms with Crippen LogP contribution >= 0.6 is 11.8 Å². The van der Waals surface area contributed by atoms with Gasteiger partial charge in [0.1, 0.15) is 12.4 Å². The molecule has 0 aromatic heterocycles. The summed E-state index contributed by atoms with van der Waals surface area (Å²) in [5.41, 5.74) is 4.13. The molecule has 144 valence electrons. The lowest BCUT2D eigenvalue weighted by atomic mass is 10.1. The molecule has 0 atom stereocenters. The highest BCUT2D eigenvalue weighted by Gasteiger charge is 2.32. The number of para-hydroxylation sites is 1. The van der Waals surface area contributed by atoms with Gasteiger partial charge in [-0.25, -0.2) is 4.99 Å². The van der Waals surface area contributed by atoms with Crippen LogP contribution in [0.2, 0.25) is 0 Å². The van der Waals surface area contributed by atoms with Crippen LogP contribution < -0.4 is 4.74 Å². The molecular weight excluding hydrogens is 368 g/mol. The van der Waals surface area contributed by atoms with Crippen LogP contribution in [0.4, 0.5) is 5.69 Å². The van der Waals surface area contributed by atoms with E-state index < -0.39 is 0 Å². The van der Waals surface area contributed by atoms with E-state index >= 15 is 0 Å². The molecule has 1 amide bonds. The fourth-order valence-electron chi connectivity index (χ4n) is 2.80. The van der Waals surface area contributed by atoms with Crippen LogP contribution in [-0.4, -0.2) is 29.1 Å². The molecule has 3 rings (SSSR count). The number of amidine groups is 1. The number of ether oxygens (including phenoxy) is 1. The Balaban J connectivity index is 1.93. The minimum atomic E-state index is -0.0337. The van der Waals surface area contributed by atoms with Crippen molar-refractivity contribution in [1.29, 1.82) is 0 Å². The first-order chi connectivity index (χ1) is 13.5. The number of benzene rings is 2. The van der Waals surface area contributed by atoms with Gasteiger partial charge >= 0.3 is 0 Å². The Kier molecular flexibility index (Phi) is 6.37. The number of aliphatic imine (C=N–C) groups is 1. The van der Waals surface area contributed by atoms with Gasteiger partial charge in [-0.1, -0.05) is 36.9 Å². The van der Waals surface area contributed by atoms with Gasteiger partial charge in [0.15, 0.2) is 5.17 Å². The van der Waals surface area contributed by atoms with E-state index in [1.807, 2.05) is 49.4 Å². The molecule has 4 nitrogen and oxygen atoms in total. The predicted octanol–water partition coefficient (Wildman–Crippen LogP) is 5.49. The summed E-state index contributed by atoms with van der Waals surface area (Å²) in [5, 5.41) is 0.700. The fraction of sp³-hybridized carbons (Fsp3) is 0.217. The van der Waals surface area contributed by atoms with Gasteiger partial charge in [0.2, 0.25) is 0 Å². The second-order valence-corrected chi connectivity index (χ2v) is 7.47. The van der Waals surface area contributed by atoms with E-state index in [1.165, 1.54) is 22.9 Å². The Morgan fingerprint density at radius 2 is 1.96 bits per heavy atom. The molecule has 5 heteroatoms. The molecule has 28 heavy (non-hydrogen) atoms. The van der Waals surface area contributed by atoms with Crippen molar-refractivity contribution < 1.29 is 9.53 Å². The summed E-state index contributed by atoms with van der Waals surface area (Å²) in [6.45, 7) is 10.8. The van der Waals surface area contributed by atoms with E-state index in [0.717, 1.165) is 17.0 Å². The number of hydrogen-bond donors (Lipinski definition) is 0. The van der Waals surface area contributed by atoms with Crippen LogP contribution in [0, 0.1) is 13.8 Å². The quantitative estimate of drug-likeness (QED) is 0.482. The Bertz CT molecular complexity index is 963. The minimum Gasteiger partial charge on any atom is -0.489 e. The molecule has 1 saturated heterocycles. The third-order valence-electron chi connectivity index (χ3n) is 4.48. The number of likely N-dealkylation sites (N-methyl/N-ethyl adjacent to an activating group) is 1. The third-order valence-corrected chi connectivity index (χ3v) is 5.49. The van der Waals surface area contributed by atoms with Gasteiger partial charge in [-0.15, -0.1) is 0 Å². The second-order valence-electron chi connectivity index (χ2n) is 6.46. The summed E-state index contributed by atoms with van der Waals surface area (Å²) in [4.78, 5) is 20.0. The lowest BCUT2D eigenvalue weighted by molar-refractivity contribution is -0.122. The Morgan fingerprint density at radius 3 is 2.68 bits per heavy atom. The first kappa shape index (κ1) is 20.0. The van der Waals surface area contributed by atoms with Crippen LogP contribution in [0.3, 0.4) is 0 Å². The standard InChI is InChI=1S/C23H24N2O2S/c1-5-13-27-20-10-8-7-9-18(20)15-21-22(26)25(6-2)23(28-21)24-19-12-11-16(3)17(4)14-19/h5,7-12,14-15H,1,6,13H2,2-4H3/b21-15+,24-23?. The first-order valence-electron chi connectivity index (χ1n) is 9.23. The zero-order chi connectivity index (χ0) is 20.1. The number of hydrogen-bond acceptors (Lipinski definition) is 4. The molecule has 0 bridgehead atoms. The maximum atomic E-state index is 12.9. The van der Waals surface area contributed by atoms with Crippen molar-refractivity contribution in [3.8, 4) is 5.75 Å². The molecule has 0 saturated carbocycles. The Morgan fingerprint density at radius 1 is 1.18 bits per heavy atom. The monoisotopic (exact) mass is 392 g/mol. The highest BCUT2D eigenvalue weighted by atomic mass is 32.2. The lowest BCUT2D eigenvalue weighted by Crippen LogP contribution is -2.28. The molecule has 1 fully saturated rings. The van der Waals surface area contributed by atoms with Crippen LogP contribution in [0.1, 0.15) is 23.6 Å². The summed E-state index contributed by atoms with van der Waals surface area (Å²) >= 11 is 1.40. The number of carbonyl (C=O) groups excluding carboxylic acids is 1. The molecule has 1 heterocycles. The maximum absolute atomic E-state index is 12.9. The molecule has 2 aromatic rings. The molecule has 0 spiro atoms. The van der Waals surface area contributed by atoms with E-state index in [-0.39, 0.29) is 5.91 Å². The van der Waals surface area contributed by atoms with Crippen LogP contribution in [0.5, 0.6) is 5.75 Å². The van der Waals surface area contributed by atoms with Gasteiger partial charge in [0.25, 0.3) is 5.91 Å². The maximum Gasteiger partial charge on any atom is 0.266 e. The molecule has 0 aliphatic carbocycles. The van der Waals surface area contributed by atoms with Crippen molar-refractivity contribution in [3.05, 3.63) is 76.7 Å². The lowest BCUT2D eigenvalue weighted by Gasteiger charge is -2.12. The van der Waals surface area contributed by atoms with Gasteiger partial charge in [0, 0.05) is 12.1 Å². The molecule has 1 aliphatic heterocycles. The molecule has 0 radical (unpaired) electrons. The van der Waals surface area contributed by atoms with E-state index in [4.69, 9.17) is 9.73 Å². The molecular formula is C23H24N2O2S. The van der Waals surface area contributed by atoms with Crippen molar-refractivity contribution in [2.75, 3.05) is 13.2 Å². The SMILES string of the molecule is C=CCOc1ccccc1/C=C1/SC(=Nc2ccc(C)c(C)c2)N(CC)C1=O. The normalized spacial score (nSPS) is 16.8. The third kappa shape index (κ3) is 4.37. The number of carbonyl (C=O) groups is 1. The molecule has 0 unspecified atom stereocenters. The largest absolute Gasteiger partial charge is 0.489 e. The van der Waals surface area contributed by atoms with Crippen molar-refractivity contribution in [2.24, 2.45) is 4.99 Å². The fourth-order valence-corrected chi connectivity index (χ4v) is 3.85. The van der Waals surface area contributed by atoms with Crippen LogP contribution in [0.15, 0.2) is 65.0 Å². The van der Waals surface area contributed by atoms with Gasteiger partial charge in [-0.3, -0.25) is 9.69 Å². The van der Waals surface area contributed by atoms with Gasteiger partial charge < -0.3 is 4.74 Å². The summed E-state index contributed by atoms with van der Waals surface area (Å²) in [5.74, 6) is 0.694. The van der Waals surface area contributed by atoms with Crippen LogP contribution in [-0.2, 0) is 4.79 Å². The summed E-state index contributed by atoms with van der Waals surface area (Å²) in [7, 11) is 0. The van der Waals surface area contributed by atoms with E-state index in [2.05, 4.69) is 26.5 Å². The smallest absolute Gasteiger partial charge is 0.266 e. The zero-order valence-electron chi connectivity index (χ0n) is 16.4. The highest BCUT2D eigenvalue weighted by molar-refractivity contribution is 8.18. The number of thioether (sulfide) groups is 1. The van der Waals surface area contributed by atoms with Crippen molar-refractivity contribution in [1.82, 2.24) is 4.90 Å². The highest BCUT2D eigenvalue weighted by Crippen LogP contribution is 2.35. The molecule has 0 N–H and O–H groups in total. The number of rotatable bonds is 6. The molecule has 2 aromatic carbocycles. The van der Waals surface area contributed by atoms with Crippen molar-refractivity contribution >= 4 is 34.6 Å². The second kappa shape index (κ2) is 8.93. The topological polar surface area (TPSA) is 41.9 Å². The van der Waals surface area contributed by atoms with Crippen LogP contribution in [0.25, 0.3) is 6.08 Å². The van der Waals surface area contributed by atoms with E-state index in [0.29, 0.717) is 23.2 Å². The summed E-state index contributed by atoms with van der Waals surface area (Å²) < 4.78 is 5.70. The summed E-state index contributed by atoms with van der Waals surface area (Å²) in [6.07, 6.45) is 3.57. The van der Waals surface area contributed by atoms with Gasteiger partial charge in [-0.05, 0) is 67.9 Å². The summed E-state index contributed by atoms with van der Waals surface area (Å²) in [6, 6.07) is 13.7. The Hall–Kier alpha value is -2.79. The average Bonchev–Trinajstić information content (AvgIpc) is 2.98. The number of amides is 1. The average molecular weight is 393 g/mol. The van der Waals surface area contributed by atoms with Crippen molar-refractivity contribution in [2.45, 2.75) is 20.8 Å². The predicted molar refractivity (Wildman–Crippen MR) is 118 cm³/mol. The van der Waals surface area contributed by atoms with E-state index in [1.54, 1.807) is 11.0 Å². The van der Waals surface area contributed by atoms with Crippen molar-refractivity contribution in [3.63, 3.8) is 0 Å². The Labute approximate surface area is 170 Å². The minimum absolute atomic E-state index is 0.0337. The number of nitrogens with zero attached hydrogens (tertiary/aromatic N) is 2.